The molecule has 2 rings (SSSR count). The highest BCUT2D eigenvalue weighted by Gasteiger charge is 2.30. The largest absolute Gasteiger partial charge is 0.376 e. The number of nitrogens with two attached hydrogens (primary N) is 1. The van der Waals surface area contributed by atoms with Crippen molar-refractivity contribution in [1.29, 1.82) is 0 Å². The van der Waals surface area contributed by atoms with Crippen molar-refractivity contribution in [3.05, 3.63) is 35.9 Å². The summed E-state index contributed by atoms with van der Waals surface area (Å²) in [5, 5.41) is 0. The number of hydrogen-bond acceptors (Lipinski definition) is 3. The molecule has 1 aromatic carbocycles. The van der Waals surface area contributed by atoms with Crippen LogP contribution in [0, 0.1) is 5.92 Å². The lowest BCUT2D eigenvalue weighted by Crippen LogP contribution is -2.35. The van der Waals surface area contributed by atoms with Gasteiger partial charge in [0.1, 0.15) is 0 Å². The number of nitrogens with zero attached hydrogens (tertiary/aromatic N) is 1. The van der Waals surface area contributed by atoms with Crippen molar-refractivity contribution >= 4 is 5.91 Å². The number of carbonyl (C=O) groups excluding carboxylic acids is 1. The van der Waals surface area contributed by atoms with Crippen LogP contribution in [0.2, 0.25) is 0 Å². The van der Waals surface area contributed by atoms with Crippen LogP contribution in [0.3, 0.4) is 0 Å². The highest BCUT2D eigenvalue weighted by Crippen LogP contribution is 2.22. The fraction of sp³-hybridized carbons (Fsp3) is 0.562. The van der Waals surface area contributed by atoms with Gasteiger partial charge in [-0.05, 0) is 31.4 Å². The van der Waals surface area contributed by atoms with Crippen LogP contribution < -0.4 is 5.73 Å². The molecule has 2 atom stereocenters. The molecule has 0 aliphatic carbocycles. The minimum Gasteiger partial charge on any atom is -0.376 e. The van der Waals surface area contributed by atoms with E-state index in [-0.39, 0.29) is 5.91 Å². The number of likely N-dealkylation sites (tertiary alicyclic amines) is 1. The molecule has 2 N–H and O–H groups in total. The summed E-state index contributed by atoms with van der Waals surface area (Å²) in [5.74, 6) is 0.640. The minimum atomic E-state index is 0.182. The summed E-state index contributed by atoms with van der Waals surface area (Å²) in [6, 6.07) is 10.3. The normalized spacial score (nSPS) is 22.2. The third kappa shape index (κ3) is 4.05. The van der Waals surface area contributed by atoms with Crippen molar-refractivity contribution in [3.8, 4) is 0 Å². The molecule has 0 saturated carbocycles. The van der Waals surface area contributed by atoms with Crippen LogP contribution in [0.1, 0.15) is 25.3 Å². The van der Waals surface area contributed by atoms with Gasteiger partial charge in [-0.3, -0.25) is 4.79 Å². The summed E-state index contributed by atoms with van der Waals surface area (Å²) < 4.78 is 5.57. The second kappa shape index (κ2) is 7.41. The number of amides is 1. The second-order valence-corrected chi connectivity index (χ2v) is 5.52. The van der Waals surface area contributed by atoms with E-state index < -0.39 is 0 Å². The first-order valence-corrected chi connectivity index (χ1v) is 7.32. The highest BCUT2D eigenvalue weighted by molar-refractivity contribution is 5.76. The van der Waals surface area contributed by atoms with Gasteiger partial charge in [-0.15, -0.1) is 0 Å². The van der Waals surface area contributed by atoms with Crippen LogP contribution in [-0.2, 0) is 16.1 Å². The summed E-state index contributed by atoms with van der Waals surface area (Å²) in [5.41, 5.74) is 6.82. The van der Waals surface area contributed by atoms with Gasteiger partial charge in [-0.1, -0.05) is 30.3 Å². The van der Waals surface area contributed by atoms with E-state index in [1.165, 1.54) is 0 Å². The molecule has 1 fully saturated rings. The lowest BCUT2D eigenvalue weighted by Gasteiger charge is -2.21. The summed E-state index contributed by atoms with van der Waals surface area (Å²) in [6.45, 7) is 4.60. The molecule has 1 aromatic rings. The van der Waals surface area contributed by atoms with Gasteiger partial charge >= 0.3 is 0 Å². The van der Waals surface area contributed by atoms with Crippen molar-refractivity contribution in [2.24, 2.45) is 11.7 Å². The minimum absolute atomic E-state index is 0.182. The molecule has 0 radical (unpaired) electrons. The van der Waals surface area contributed by atoms with E-state index in [1.54, 1.807) is 0 Å². The smallest absolute Gasteiger partial charge is 0.225 e. The third-order valence-corrected chi connectivity index (χ3v) is 3.89. The maximum Gasteiger partial charge on any atom is 0.225 e. The van der Waals surface area contributed by atoms with Gasteiger partial charge in [-0.2, -0.15) is 0 Å². The van der Waals surface area contributed by atoms with Gasteiger partial charge in [0.2, 0.25) is 5.91 Å². The quantitative estimate of drug-likeness (QED) is 0.806. The third-order valence-electron chi connectivity index (χ3n) is 3.89. The van der Waals surface area contributed by atoms with E-state index in [0.29, 0.717) is 38.1 Å². The van der Waals surface area contributed by atoms with Gasteiger partial charge in [-0.25, -0.2) is 0 Å². The fourth-order valence-corrected chi connectivity index (χ4v) is 2.73. The van der Waals surface area contributed by atoms with Crippen molar-refractivity contribution in [1.82, 2.24) is 4.90 Å². The first-order valence-electron chi connectivity index (χ1n) is 7.32. The Hall–Kier alpha value is -1.39. The number of rotatable bonds is 6. The van der Waals surface area contributed by atoms with E-state index in [1.807, 2.05) is 35.2 Å². The maximum atomic E-state index is 12.1. The molecule has 0 aromatic heterocycles. The van der Waals surface area contributed by atoms with E-state index in [2.05, 4.69) is 6.92 Å². The lowest BCUT2D eigenvalue weighted by atomic mass is 10.1. The summed E-state index contributed by atoms with van der Waals surface area (Å²) in [6.07, 6.45) is 1.47. The molecule has 0 bridgehead atoms. The molecular weight excluding hydrogens is 252 g/mol. The second-order valence-electron chi connectivity index (χ2n) is 5.52. The number of ether oxygens (including phenoxy) is 1. The van der Waals surface area contributed by atoms with E-state index in [9.17, 15) is 4.79 Å². The van der Waals surface area contributed by atoms with Gasteiger partial charge in [0.25, 0.3) is 0 Å². The molecule has 1 aliphatic rings. The lowest BCUT2D eigenvalue weighted by molar-refractivity contribution is -0.133. The van der Waals surface area contributed by atoms with Gasteiger partial charge < -0.3 is 15.4 Å². The molecule has 0 spiro atoms. The van der Waals surface area contributed by atoms with Crippen LogP contribution >= 0.6 is 0 Å². The molecule has 1 aliphatic heterocycles. The first-order chi connectivity index (χ1) is 9.70. The summed E-state index contributed by atoms with van der Waals surface area (Å²) in [7, 11) is 0. The predicted molar refractivity (Wildman–Crippen MR) is 79.1 cm³/mol. The molecule has 110 valence electrons. The van der Waals surface area contributed by atoms with E-state index in [4.69, 9.17) is 10.5 Å². The van der Waals surface area contributed by atoms with Gasteiger partial charge in [0, 0.05) is 12.6 Å². The van der Waals surface area contributed by atoms with Gasteiger partial charge in [0.15, 0.2) is 0 Å². The number of carbonyl (C=O) groups is 1. The summed E-state index contributed by atoms with van der Waals surface area (Å²) in [4.78, 5) is 14.1. The first kappa shape index (κ1) is 15.0. The van der Waals surface area contributed by atoms with Crippen LogP contribution in [0.25, 0.3) is 0 Å². The zero-order valence-electron chi connectivity index (χ0n) is 12.1. The Kier molecular flexibility index (Phi) is 5.56. The molecule has 4 heteroatoms. The average Bonchev–Trinajstić information content (AvgIpc) is 2.86. The SMILES string of the molecule is CC1CC(CN)CN1C(=O)CCOCc1ccccc1. The Balaban J connectivity index is 1.68. The van der Waals surface area contributed by atoms with Crippen LogP contribution in [0.15, 0.2) is 30.3 Å². The molecule has 20 heavy (non-hydrogen) atoms. The fourth-order valence-electron chi connectivity index (χ4n) is 2.73. The van der Waals surface area contributed by atoms with Crippen molar-refractivity contribution in [2.75, 3.05) is 19.7 Å². The van der Waals surface area contributed by atoms with Crippen LogP contribution in [0.5, 0.6) is 0 Å². The Labute approximate surface area is 120 Å². The topological polar surface area (TPSA) is 55.6 Å². The monoisotopic (exact) mass is 276 g/mol. The van der Waals surface area contributed by atoms with Crippen molar-refractivity contribution < 1.29 is 9.53 Å². The molecule has 2 unspecified atom stereocenters. The molecule has 4 nitrogen and oxygen atoms in total. The Morgan fingerprint density at radius 2 is 2.15 bits per heavy atom. The van der Waals surface area contributed by atoms with E-state index in [0.717, 1.165) is 18.5 Å². The summed E-state index contributed by atoms with van der Waals surface area (Å²) >= 11 is 0. The number of benzene rings is 1. The van der Waals surface area contributed by atoms with Gasteiger partial charge in [0.05, 0.1) is 19.6 Å². The Bertz CT molecular complexity index is 422. The average molecular weight is 276 g/mol. The zero-order chi connectivity index (χ0) is 14.4. The molecular formula is C16H24N2O2. The Morgan fingerprint density at radius 1 is 1.40 bits per heavy atom. The molecule has 1 heterocycles. The predicted octanol–water partition coefficient (Wildman–Crippen LogP) is 1.79. The number of hydrogen-bond donors (Lipinski definition) is 1. The highest BCUT2D eigenvalue weighted by atomic mass is 16.5. The molecule has 1 amide bonds. The molecule has 1 saturated heterocycles. The van der Waals surface area contributed by atoms with Crippen LogP contribution in [-0.4, -0.2) is 36.5 Å². The van der Waals surface area contributed by atoms with Crippen molar-refractivity contribution in [2.45, 2.75) is 32.4 Å². The van der Waals surface area contributed by atoms with E-state index >= 15 is 0 Å². The van der Waals surface area contributed by atoms with Crippen molar-refractivity contribution in [3.63, 3.8) is 0 Å². The zero-order valence-corrected chi connectivity index (χ0v) is 12.1. The standard InChI is InChI=1S/C16H24N2O2/c1-13-9-15(10-17)11-18(13)16(19)7-8-20-12-14-5-3-2-4-6-14/h2-6,13,15H,7-12,17H2,1H3. The van der Waals surface area contributed by atoms with Crippen LogP contribution in [0.4, 0.5) is 0 Å². The maximum absolute atomic E-state index is 12.1. The Morgan fingerprint density at radius 3 is 2.80 bits per heavy atom.